The van der Waals surface area contributed by atoms with E-state index in [0.717, 1.165) is 48.7 Å². The van der Waals surface area contributed by atoms with Gasteiger partial charge in [-0.2, -0.15) is 0 Å². The van der Waals surface area contributed by atoms with Crippen molar-refractivity contribution in [3.05, 3.63) is 59.3 Å². The molecule has 0 amide bonds. The van der Waals surface area contributed by atoms with Gasteiger partial charge in [0.15, 0.2) is 23.0 Å². The lowest BCUT2D eigenvalue weighted by Gasteiger charge is -2.14. The van der Waals surface area contributed by atoms with Crippen LogP contribution >= 0.6 is 120 Å². The van der Waals surface area contributed by atoms with Gasteiger partial charge in [-0.05, 0) is 202 Å². The molecular weight excluding hydrogens is 1500 g/mol. The Hall–Kier alpha value is -0.380. The SMILES string of the molecule is C.C.CC1CC(C)Oc2cscc2O1.CCCCCCCCc1c(Br)sc(-c2sc(-c3sc(Br)c(CCCCCCCC)c3CCCCCCCC)c3c2OC(C)CC(C)O3)c1CCCCCCCC.CCCCCCCCc1c(Br)sc(Br)c1CCCCCCCC. The molecule has 7 rings (SSSR count). The second-order valence-corrected chi connectivity index (χ2v) is 36.8. The molecule has 4 nitrogen and oxygen atoms in total. The van der Waals surface area contributed by atoms with Gasteiger partial charge in [0, 0.05) is 23.6 Å². The third kappa shape index (κ3) is 31.2. The van der Waals surface area contributed by atoms with Crippen LogP contribution in [0.5, 0.6) is 23.0 Å². The molecule has 0 saturated carbocycles. The lowest BCUT2D eigenvalue weighted by atomic mass is 9.97. The lowest BCUT2D eigenvalue weighted by molar-refractivity contribution is 0.168. The van der Waals surface area contributed by atoms with Gasteiger partial charge in [-0.3, -0.25) is 0 Å². The first-order valence-electron chi connectivity index (χ1n) is 37.3. The smallest absolute Gasteiger partial charge is 0.181 e. The second kappa shape index (κ2) is 51.7. The zero-order valence-corrected chi connectivity index (χ0v) is 69.2. The highest BCUT2D eigenvalue weighted by molar-refractivity contribution is 9.12. The molecule has 534 valence electrons. The van der Waals surface area contributed by atoms with E-state index in [-0.39, 0.29) is 39.3 Å². The Balaban J connectivity index is 0.000000495. The van der Waals surface area contributed by atoms with Crippen molar-refractivity contribution in [2.24, 2.45) is 0 Å². The summed E-state index contributed by atoms with van der Waals surface area (Å²) < 4.78 is 30.7. The molecule has 0 N–H and O–H groups in total. The Morgan fingerprint density at radius 3 is 0.796 bits per heavy atom. The monoisotopic (exact) mass is 1630 g/mol. The molecule has 0 aliphatic carbocycles. The molecule has 93 heavy (non-hydrogen) atoms. The topological polar surface area (TPSA) is 36.9 Å². The molecule has 7 heterocycles. The molecule has 5 aromatic heterocycles. The fourth-order valence-corrected chi connectivity index (χ4v) is 22.7. The minimum Gasteiger partial charge on any atom is -0.486 e. The average Bonchev–Trinajstić information content (AvgIpc) is 1.60. The number of fused-ring (bicyclic) bond motifs is 2. The highest BCUT2D eigenvalue weighted by Crippen LogP contribution is 2.60. The van der Waals surface area contributed by atoms with Crippen molar-refractivity contribution in [2.75, 3.05) is 0 Å². The number of unbranched alkanes of at least 4 members (excludes halogenated alkanes) is 30. The normalized spacial score (nSPS) is 15.8. The number of thiophene rings is 5. The molecule has 13 heteroatoms. The Labute approximate surface area is 626 Å². The maximum absolute atomic E-state index is 7.02. The fraction of sp³-hybridized carbons (Fsp3) is 0.750. The van der Waals surface area contributed by atoms with Gasteiger partial charge in [-0.15, -0.1) is 56.7 Å². The van der Waals surface area contributed by atoms with Gasteiger partial charge in [-0.25, -0.2) is 0 Å². The largest absolute Gasteiger partial charge is 0.486 e. The molecular formula is C80H132Br4O4S5. The van der Waals surface area contributed by atoms with Gasteiger partial charge in [0.25, 0.3) is 0 Å². The van der Waals surface area contributed by atoms with Crippen LogP contribution in [0.15, 0.2) is 25.9 Å². The maximum atomic E-state index is 7.02. The van der Waals surface area contributed by atoms with Gasteiger partial charge in [-0.1, -0.05) is 249 Å². The standard InChI is InChI=1S/C49H78Br2O2S3.C20H34Br2S.C9H12O2S.2CH4/c1-7-11-15-19-23-27-31-38-40(33-29-25-21-17-13-9-3)48(50)55-44(38)46-42-43(53-37(6)35-36(5)52-42)47(54-46)45-39(32-28-24-20-16-12-8-2)41(49(51)56-45)34-30-26-22-18-14-10-4;1-3-5-7-9-11-13-15-17-18(20(22)23-19(17)21)16-14-12-10-8-6-4-2;1-6-3-7(2)11-9-5-12-4-8(9)10-6;;/h36-37H,7-35H2,1-6H3;3-16H2,1-2H3;4-7H,3H2,1-2H3;2*1H4. The van der Waals surface area contributed by atoms with Crippen LogP contribution < -0.4 is 18.9 Å². The van der Waals surface area contributed by atoms with Crippen molar-refractivity contribution in [3.63, 3.8) is 0 Å². The molecule has 0 fully saturated rings. The number of hydrogen-bond acceptors (Lipinski definition) is 9. The molecule has 2 aliphatic rings. The summed E-state index contributed by atoms with van der Waals surface area (Å²) in [6, 6.07) is 0. The maximum Gasteiger partial charge on any atom is 0.181 e. The minimum atomic E-state index is 0. The summed E-state index contributed by atoms with van der Waals surface area (Å²) in [5.74, 6) is 3.82. The lowest BCUT2D eigenvalue weighted by Crippen LogP contribution is -2.19. The highest BCUT2D eigenvalue weighted by Gasteiger charge is 2.35. The zero-order valence-electron chi connectivity index (χ0n) is 58.8. The predicted molar refractivity (Wildman–Crippen MR) is 436 cm³/mol. The summed E-state index contributed by atoms with van der Waals surface area (Å²) >= 11 is 25.3. The molecule has 4 atom stereocenters. The average molecular weight is 1640 g/mol. The van der Waals surface area contributed by atoms with Crippen LogP contribution in [0.4, 0.5) is 0 Å². The van der Waals surface area contributed by atoms with Crippen molar-refractivity contribution in [3.8, 4) is 42.5 Å². The van der Waals surface area contributed by atoms with E-state index in [9.17, 15) is 0 Å². The van der Waals surface area contributed by atoms with E-state index in [0.29, 0.717) is 0 Å². The molecule has 0 radical (unpaired) electrons. The van der Waals surface area contributed by atoms with Crippen molar-refractivity contribution in [2.45, 2.75) is 391 Å². The number of halogens is 4. The predicted octanol–water partition coefficient (Wildman–Crippen LogP) is 32.3. The van der Waals surface area contributed by atoms with E-state index in [1.54, 1.807) is 44.7 Å². The summed E-state index contributed by atoms with van der Waals surface area (Å²) in [4.78, 5) is 5.49. The summed E-state index contributed by atoms with van der Waals surface area (Å²) in [5.41, 5.74) is 9.48. The van der Waals surface area contributed by atoms with E-state index in [1.165, 1.54) is 291 Å². The van der Waals surface area contributed by atoms with Crippen molar-refractivity contribution in [1.82, 2.24) is 0 Å². The third-order valence-electron chi connectivity index (χ3n) is 18.3. The van der Waals surface area contributed by atoms with Gasteiger partial charge < -0.3 is 18.9 Å². The number of hydrogen-bond donors (Lipinski definition) is 0. The molecule has 2 aliphatic heterocycles. The Morgan fingerprint density at radius 2 is 0.516 bits per heavy atom. The van der Waals surface area contributed by atoms with Crippen LogP contribution in [0, 0.1) is 0 Å². The quantitative estimate of drug-likeness (QED) is 0.0364. The van der Waals surface area contributed by atoms with Gasteiger partial charge in [0.05, 0.1) is 59.1 Å². The molecule has 0 spiro atoms. The molecule has 0 aromatic carbocycles. The summed E-state index contributed by atoms with van der Waals surface area (Å²) in [7, 11) is 0. The Kier molecular flexibility index (Phi) is 48.3. The summed E-state index contributed by atoms with van der Waals surface area (Å²) in [6.45, 7) is 22.5. The molecule has 0 bridgehead atoms. The minimum absolute atomic E-state index is 0. The van der Waals surface area contributed by atoms with Crippen LogP contribution in [0.2, 0.25) is 0 Å². The second-order valence-electron chi connectivity index (χ2n) is 26.7. The van der Waals surface area contributed by atoms with Crippen molar-refractivity contribution in [1.29, 1.82) is 0 Å². The molecule has 4 unspecified atom stereocenters. The zero-order chi connectivity index (χ0) is 65.6. The first kappa shape index (κ1) is 86.8. The van der Waals surface area contributed by atoms with Crippen molar-refractivity contribution < 1.29 is 18.9 Å². The fourth-order valence-electron chi connectivity index (χ4n) is 13.1. The van der Waals surface area contributed by atoms with E-state index >= 15 is 0 Å². The van der Waals surface area contributed by atoms with Gasteiger partial charge >= 0.3 is 0 Å². The van der Waals surface area contributed by atoms with Crippen LogP contribution in [-0.2, 0) is 38.5 Å². The van der Waals surface area contributed by atoms with Crippen LogP contribution in [-0.4, -0.2) is 24.4 Å². The van der Waals surface area contributed by atoms with E-state index < -0.39 is 0 Å². The molecule has 5 aromatic rings. The first-order valence-corrected chi connectivity index (χ1v) is 44.6. The summed E-state index contributed by atoms with van der Waals surface area (Å²) in [5, 5.41) is 3.98. The summed E-state index contributed by atoms with van der Waals surface area (Å²) in [6.07, 6.45) is 58.2. The van der Waals surface area contributed by atoms with Crippen LogP contribution in [0.1, 0.15) is 361 Å². The van der Waals surface area contributed by atoms with Crippen LogP contribution in [0.3, 0.4) is 0 Å². The van der Waals surface area contributed by atoms with Gasteiger partial charge in [0.2, 0.25) is 0 Å². The van der Waals surface area contributed by atoms with Crippen LogP contribution in [0.25, 0.3) is 19.5 Å². The number of rotatable bonds is 44. The highest BCUT2D eigenvalue weighted by atomic mass is 79.9. The Morgan fingerprint density at radius 1 is 0.290 bits per heavy atom. The van der Waals surface area contributed by atoms with Gasteiger partial charge in [0.1, 0.15) is 0 Å². The number of ether oxygens (including phenoxy) is 4. The first-order chi connectivity index (χ1) is 44.3. The van der Waals surface area contributed by atoms with Crippen molar-refractivity contribution >= 4 is 120 Å². The molecule has 0 saturated heterocycles. The van der Waals surface area contributed by atoms with E-state index in [2.05, 4.69) is 133 Å². The Bertz CT molecular complexity index is 2510. The third-order valence-corrected chi connectivity index (χ3v) is 27.3. The van der Waals surface area contributed by atoms with E-state index in [4.69, 9.17) is 18.9 Å². The van der Waals surface area contributed by atoms with E-state index in [1.807, 2.05) is 56.1 Å².